The Labute approximate surface area is 86.4 Å². The van der Waals surface area contributed by atoms with E-state index in [9.17, 15) is 9.50 Å². The summed E-state index contributed by atoms with van der Waals surface area (Å²) in [5.41, 5.74) is 0.725. The minimum Gasteiger partial charge on any atom is -0.394 e. The molecule has 0 radical (unpaired) electrons. The van der Waals surface area contributed by atoms with Gasteiger partial charge in [0.25, 0.3) is 0 Å². The van der Waals surface area contributed by atoms with Crippen molar-refractivity contribution in [3.05, 3.63) is 36.3 Å². The molecule has 2 rings (SSSR count). The van der Waals surface area contributed by atoms with Crippen LogP contribution < -0.4 is 0 Å². The van der Waals surface area contributed by atoms with Crippen LogP contribution in [0.3, 0.4) is 0 Å². The topological polar surface area (TPSA) is 45.4 Å². The lowest BCUT2D eigenvalue weighted by Crippen LogP contribution is -2.19. The SMILES string of the molecule is OCC(O)Cn1ccc2ccc(F)cc21. The van der Waals surface area contributed by atoms with Crippen LogP contribution in [0.15, 0.2) is 30.5 Å². The van der Waals surface area contributed by atoms with E-state index >= 15 is 0 Å². The molecule has 0 bridgehead atoms. The first-order valence-electron chi connectivity index (χ1n) is 4.74. The first-order valence-corrected chi connectivity index (χ1v) is 4.74. The molecule has 2 N–H and O–H groups in total. The Kier molecular flexibility index (Phi) is 2.70. The van der Waals surface area contributed by atoms with Crippen molar-refractivity contribution in [1.82, 2.24) is 4.57 Å². The summed E-state index contributed by atoms with van der Waals surface area (Å²) in [7, 11) is 0. The molecule has 80 valence electrons. The monoisotopic (exact) mass is 209 g/mol. The van der Waals surface area contributed by atoms with E-state index < -0.39 is 6.10 Å². The van der Waals surface area contributed by atoms with Gasteiger partial charge in [0.05, 0.1) is 24.8 Å². The van der Waals surface area contributed by atoms with Gasteiger partial charge in [0, 0.05) is 6.20 Å². The zero-order valence-corrected chi connectivity index (χ0v) is 8.10. The Morgan fingerprint density at radius 3 is 2.87 bits per heavy atom. The van der Waals surface area contributed by atoms with Crippen molar-refractivity contribution in [3.63, 3.8) is 0 Å². The fourth-order valence-corrected chi connectivity index (χ4v) is 1.60. The van der Waals surface area contributed by atoms with Gasteiger partial charge in [-0.15, -0.1) is 0 Å². The molecule has 1 aromatic carbocycles. The van der Waals surface area contributed by atoms with Crippen LogP contribution in [0.5, 0.6) is 0 Å². The molecule has 2 aromatic rings. The Hall–Kier alpha value is -1.39. The van der Waals surface area contributed by atoms with Crippen molar-refractivity contribution < 1.29 is 14.6 Å². The second-order valence-corrected chi connectivity index (χ2v) is 3.51. The Bertz CT molecular complexity index is 467. The van der Waals surface area contributed by atoms with E-state index in [1.807, 2.05) is 6.07 Å². The Balaban J connectivity index is 2.39. The van der Waals surface area contributed by atoms with Gasteiger partial charge in [-0.1, -0.05) is 0 Å². The molecule has 0 aliphatic carbocycles. The molecule has 0 saturated heterocycles. The molecule has 0 aliphatic rings. The maximum Gasteiger partial charge on any atom is 0.125 e. The Morgan fingerprint density at radius 2 is 2.13 bits per heavy atom. The summed E-state index contributed by atoms with van der Waals surface area (Å²) in [6.07, 6.45) is 0.951. The molecule has 0 saturated carbocycles. The predicted octanol–water partition coefficient (Wildman–Crippen LogP) is 1.13. The third kappa shape index (κ3) is 2.00. The number of aliphatic hydroxyl groups is 2. The van der Waals surface area contributed by atoms with Crippen LogP contribution in [0.25, 0.3) is 10.9 Å². The number of halogens is 1. The molecule has 15 heavy (non-hydrogen) atoms. The maximum absolute atomic E-state index is 13.0. The van der Waals surface area contributed by atoms with Crippen molar-refractivity contribution in [2.45, 2.75) is 12.6 Å². The van der Waals surface area contributed by atoms with Crippen LogP contribution in [0, 0.1) is 5.82 Å². The quantitative estimate of drug-likeness (QED) is 0.796. The normalized spacial score (nSPS) is 13.3. The number of fused-ring (bicyclic) bond motifs is 1. The van der Waals surface area contributed by atoms with Gasteiger partial charge in [-0.3, -0.25) is 0 Å². The van der Waals surface area contributed by atoms with Gasteiger partial charge in [-0.2, -0.15) is 0 Å². The highest BCUT2D eigenvalue weighted by molar-refractivity contribution is 5.80. The first kappa shape index (κ1) is 10.1. The molecule has 1 heterocycles. The van der Waals surface area contributed by atoms with E-state index in [-0.39, 0.29) is 19.0 Å². The number of rotatable bonds is 3. The summed E-state index contributed by atoms with van der Waals surface area (Å²) >= 11 is 0. The number of aromatic nitrogens is 1. The van der Waals surface area contributed by atoms with Crippen molar-refractivity contribution in [1.29, 1.82) is 0 Å². The minimum atomic E-state index is -0.816. The zero-order valence-electron chi connectivity index (χ0n) is 8.10. The van der Waals surface area contributed by atoms with E-state index in [2.05, 4.69) is 0 Å². The lowest BCUT2D eigenvalue weighted by atomic mass is 10.2. The van der Waals surface area contributed by atoms with Gasteiger partial charge >= 0.3 is 0 Å². The van der Waals surface area contributed by atoms with Crippen LogP contribution >= 0.6 is 0 Å². The second kappa shape index (κ2) is 4.00. The molecule has 0 fully saturated rings. The van der Waals surface area contributed by atoms with Gasteiger partial charge < -0.3 is 14.8 Å². The first-order chi connectivity index (χ1) is 7.20. The third-order valence-electron chi connectivity index (χ3n) is 2.35. The zero-order chi connectivity index (χ0) is 10.8. The highest BCUT2D eigenvalue weighted by Gasteiger charge is 2.06. The summed E-state index contributed by atoms with van der Waals surface area (Å²) in [5.74, 6) is -0.305. The molecule has 4 heteroatoms. The van der Waals surface area contributed by atoms with E-state index in [1.54, 1.807) is 16.8 Å². The fourth-order valence-electron chi connectivity index (χ4n) is 1.60. The highest BCUT2D eigenvalue weighted by Crippen LogP contribution is 2.17. The second-order valence-electron chi connectivity index (χ2n) is 3.51. The summed E-state index contributed by atoms with van der Waals surface area (Å²) < 4.78 is 14.7. The number of nitrogens with zero attached hydrogens (tertiary/aromatic N) is 1. The van der Waals surface area contributed by atoms with Crippen LogP contribution in [0.2, 0.25) is 0 Å². The standard InChI is InChI=1S/C11H12FNO2/c12-9-2-1-8-3-4-13(11(8)5-9)6-10(15)7-14/h1-5,10,14-15H,6-7H2. The van der Waals surface area contributed by atoms with Crippen molar-refractivity contribution in [2.75, 3.05) is 6.61 Å². The molecule has 0 aliphatic heterocycles. The Morgan fingerprint density at radius 1 is 1.33 bits per heavy atom. The summed E-state index contributed by atoms with van der Waals surface area (Å²) in [6, 6.07) is 6.35. The van der Waals surface area contributed by atoms with Crippen LogP contribution in [0.4, 0.5) is 4.39 Å². The summed E-state index contributed by atoms with van der Waals surface area (Å²) in [6.45, 7) is -0.0293. The van der Waals surface area contributed by atoms with Gasteiger partial charge in [-0.05, 0) is 29.7 Å². The molecule has 3 nitrogen and oxygen atoms in total. The number of aliphatic hydroxyl groups excluding tert-OH is 2. The van der Waals surface area contributed by atoms with Crippen molar-refractivity contribution in [2.24, 2.45) is 0 Å². The summed E-state index contributed by atoms with van der Waals surface area (Å²) in [4.78, 5) is 0. The average Bonchev–Trinajstić information content (AvgIpc) is 2.61. The van der Waals surface area contributed by atoms with Gasteiger partial charge in [0.2, 0.25) is 0 Å². The van der Waals surface area contributed by atoms with E-state index in [0.29, 0.717) is 0 Å². The summed E-state index contributed by atoms with van der Waals surface area (Å²) in [5, 5.41) is 18.9. The van der Waals surface area contributed by atoms with Gasteiger partial charge in [0.1, 0.15) is 5.82 Å². The smallest absolute Gasteiger partial charge is 0.125 e. The molecular weight excluding hydrogens is 197 g/mol. The molecule has 0 spiro atoms. The molecular formula is C11H12FNO2. The average molecular weight is 209 g/mol. The van der Waals surface area contributed by atoms with Crippen molar-refractivity contribution in [3.8, 4) is 0 Å². The van der Waals surface area contributed by atoms with E-state index in [1.165, 1.54) is 12.1 Å². The number of hydrogen-bond acceptors (Lipinski definition) is 2. The number of hydrogen-bond donors (Lipinski definition) is 2. The van der Waals surface area contributed by atoms with E-state index in [0.717, 1.165) is 10.9 Å². The number of benzene rings is 1. The molecule has 0 amide bonds. The van der Waals surface area contributed by atoms with E-state index in [4.69, 9.17) is 5.11 Å². The van der Waals surface area contributed by atoms with Crippen LogP contribution in [-0.4, -0.2) is 27.5 Å². The maximum atomic E-state index is 13.0. The van der Waals surface area contributed by atoms with Crippen LogP contribution in [-0.2, 0) is 6.54 Å². The van der Waals surface area contributed by atoms with Crippen molar-refractivity contribution >= 4 is 10.9 Å². The minimum absolute atomic E-state index is 0.267. The third-order valence-corrected chi connectivity index (χ3v) is 2.35. The largest absolute Gasteiger partial charge is 0.394 e. The lowest BCUT2D eigenvalue weighted by molar-refractivity contribution is 0.0822. The van der Waals surface area contributed by atoms with Gasteiger partial charge in [-0.25, -0.2) is 4.39 Å². The molecule has 1 aromatic heterocycles. The highest BCUT2D eigenvalue weighted by atomic mass is 19.1. The lowest BCUT2D eigenvalue weighted by Gasteiger charge is -2.09. The fraction of sp³-hybridized carbons (Fsp3) is 0.273. The molecule has 1 unspecified atom stereocenters. The van der Waals surface area contributed by atoms with Gasteiger partial charge in [0.15, 0.2) is 0 Å². The predicted molar refractivity (Wildman–Crippen MR) is 55.0 cm³/mol. The molecule has 1 atom stereocenters. The van der Waals surface area contributed by atoms with Crippen LogP contribution in [0.1, 0.15) is 0 Å².